The molecule has 0 aromatic heterocycles. The first-order chi connectivity index (χ1) is 5.52. The number of hydrogen-bond acceptors (Lipinski definition) is 0. The topological polar surface area (TPSA) is 22.9 Å². The van der Waals surface area contributed by atoms with Gasteiger partial charge in [-0.05, 0) is 11.5 Å². The molecule has 0 bridgehead atoms. The SMILES string of the molecule is CC(C)c1cc([OH2+])c(F)cc1F. The van der Waals surface area contributed by atoms with Crippen molar-refractivity contribution in [1.82, 2.24) is 0 Å². The van der Waals surface area contributed by atoms with Gasteiger partial charge >= 0.3 is 0 Å². The van der Waals surface area contributed by atoms with E-state index in [2.05, 4.69) is 0 Å². The zero-order chi connectivity index (χ0) is 9.30. The third kappa shape index (κ3) is 1.55. The van der Waals surface area contributed by atoms with E-state index in [1.54, 1.807) is 13.8 Å². The van der Waals surface area contributed by atoms with Gasteiger partial charge in [0.15, 0.2) is 0 Å². The number of benzene rings is 1. The van der Waals surface area contributed by atoms with Crippen molar-refractivity contribution in [3.8, 4) is 5.75 Å². The maximum Gasteiger partial charge on any atom is 0.290 e. The van der Waals surface area contributed by atoms with Gasteiger partial charge in [-0.25, -0.2) is 4.39 Å². The molecule has 12 heavy (non-hydrogen) atoms. The summed E-state index contributed by atoms with van der Waals surface area (Å²) in [4.78, 5) is 0. The minimum atomic E-state index is -0.808. The summed E-state index contributed by atoms with van der Waals surface area (Å²) in [5.74, 6) is -1.65. The van der Waals surface area contributed by atoms with E-state index in [4.69, 9.17) is 5.11 Å². The van der Waals surface area contributed by atoms with Crippen molar-refractivity contribution < 1.29 is 13.9 Å². The fourth-order valence-electron chi connectivity index (χ4n) is 1.01. The van der Waals surface area contributed by atoms with Crippen LogP contribution in [0.3, 0.4) is 0 Å². The van der Waals surface area contributed by atoms with Crippen LogP contribution in [0.2, 0.25) is 0 Å². The predicted octanol–water partition coefficient (Wildman–Crippen LogP) is 2.53. The molecule has 0 atom stereocenters. The molecule has 0 aliphatic carbocycles. The summed E-state index contributed by atoms with van der Waals surface area (Å²) in [6.45, 7) is 3.60. The van der Waals surface area contributed by atoms with Gasteiger partial charge in [0.2, 0.25) is 5.82 Å². The predicted molar refractivity (Wildman–Crippen MR) is 43.5 cm³/mol. The van der Waals surface area contributed by atoms with Crippen molar-refractivity contribution in [1.29, 1.82) is 0 Å². The van der Waals surface area contributed by atoms with E-state index in [-0.39, 0.29) is 11.7 Å². The molecule has 0 aliphatic rings. The van der Waals surface area contributed by atoms with E-state index in [0.717, 1.165) is 6.07 Å². The van der Waals surface area contributed by atoms with Crippen LogP contribution in [-0.2, 0) is 0 Å². The number of halogens is 2. The quantitative estimate of drug-likeness (QED) is 0.582. The van der Waals surface area contributed by atoms with Crippen molar-refractivity contribution in [2.75, 3.05) is 0 Å². The van der Waals surface area contributed by atoms with Gasteiger partial charge in [0.05, 0.1) is 0 Å². The van der Waals surface area contributed by atoms with Crippen LogP contribution in [-0.4, -0.2) is 5.11 Å². The first kappa shape index (κ1) is 8.97. The number of hydrogen-bond donors (Lipinski definition) is 0. The Morgan fingerprint density at radius 2 is 1.75 bits per heavy atom. The minimum Gasteiger partial charge on any atom is -0.591 e. The van der Waals surface area contributed by atoms with Gasteiger partial charge in [-0.1, -0.05) is 13.8 Å². The minimum absolute atomic E-state index is 0.0188. The largest absolute Gasteiger partial charge is 0.591 e. The third-order valence-electron chi connectivity index (χ3n) is 1.71. The molecule has 1 nitrogen and oxygen atoms in total. The van der Waals surface area contributed by atoms with E-state index in [9.17, 15) is 8.78 Å². The molecule has 0 fully saturated rings. The van der Waals surface area contributed by atoms with Crippen LogP contribution in [0.5, 0.6) is 5.75 Å². The van der Waals surface area contributed by atoms with Gasteiger partial charge in [-0.2, -0.15) is 4.39 Å². The van der Waals surface area contributed by atoms with Crippen molar-refractivity contribution in [3.63, 3.8) is 0 Å². The molecule has 1 rings (SSSR count). The number of rotatable bonds is 1. The van der Waals surface area contributed by atoms with Crippen molar-refractivity contribution in [3.05, 3.63) is 29.3 Å². The van der Waals surface area contributed by atoms with Crippen LogP contribution in [0.25, 0.3) is 0 Å². The maximum atomic E-state index is 13.0. The summed E-state index contributed by atoms with van der Waals surface area (Å²) in [5, 5.41) is 7.11. The highest BCUT2D eigenvalue weighted by molar-refractivity contribution is 5.32. The summed E-state index contributed by atoms with van der Waals surface area (Å²) in [6.07, 6.45) is 0. The maximum absolute atomic E-state index is 13.0. The molecule has 0 aliphatic heterocycles. The Balaban J connectivity index is 3.23. The van der Waals surface area contributed by atoms with Crippen molar-refractivity contribution in [2.24, 2.45) is 0 Å². The highest BCUT2D eigenvalue weighted by atomic mass is 19.1. The average molecular weight is 173 g/mol. The summed E-state index contributed by atoms with van der Waals surface area (Å²) in [5.41, 5.74) is 0.390. The van der Waals surface area contributed by atoms with E-state index in [0.29, 0.717) is 5.56 Å². The smallest absolute Gasteiger partial charge is 0.290 e. The zero-order valence-electron chi connectivity index (χ0n) is 6.99. The molecule has 0 radical (unpaired) electrons. The van der Waals surface area contributed by atoms with Crippen LogP contribution in [0.1, 0.15) is 25.3 Å². The lowest BCUT2D eigenvalue weighted by atomic mass is 10.0. The zero-order valence-corrected chi connectivity index (χ0v) is 6.99. The Bertz CT molecular complexity index is 295. The normalized spacial score (nSPS) is 10.8. The molecule has 0 saturated carbocycles. The lowest BCUT2D eigenvalue weighted by molar-refractivity contribution is 0.425. The van der Waals surface area contributed by atoms with Crippen LogP contribution in [0.15, 0.2) is 12.1 Å². The van der Waals surface area contributed by atoms with Gasteiger partial charge < -0.3 is 5.11 Å². The summed E-state index contributed by atoms with van der Waals surface area (Å²) < 4.78 is 25.6. The van der Waals surface area contributed by atoms with Crippen molar-refractivity contribution in [2.45, 2.75) is 19.8 Å². The Morgan fingerprint density at radius 1 is 1.17 bits per heavy atom. The van der Waals surface area contributed by atoms with Crippen LogP contribution in [0.4, 0.5) is 8.78 Å². The Kier molecular flexibility index (Phi) is 2.31. The van der Waals surface area contributed by atoms with Gasteiger partial charge in [0.25, 0.3) is 5.75 Å². The molecule has 1 aromatic rings. The Morgan fingerprint density at radius 3 is 2.25 bits per heavy atom. The third-order valence-corrected chi connectivity index (χ3v) is 1.71. The van der Waals surface area contributed by atoms with Crippen LogP contribution < -0.4 is 0 Å². The van der Waals surface area contributed by atoms with Crippen LogP contribution >= 0.6 is 0 Å². The van der Waals surface area contributed by atoms with Gasteiger partial charge in [-0.3, -0.25) is 0 Å². The standard InChI is InChI=1S/C9H10F2O/c1-5(2)6-3-9(12)8(11)4-7(6)10/h3-5,12H,1-2H3/p+1. The lowest BCUT2D eigenvalue weighted by Gasteiger charge is -2.05. The average Bonchev–Trinajstić information content (AvgIpc) is 1.96. The summed E-state index contributed by atoms with van der Waals surface area (Å²) >= 11 is 0. The highest BCUT2D eigenvalue weighted by Gasteiger charge is 2.13. The molecule has 66 valence electrons. The fourth-order valence-corrected chi connectivity index (χ4v) is 1.01. The van der Waals surface area contributed by atoms with E-state index in [1.165, 1.54) is 6.07 Å². The molecule has 3 heteroatoms. The Hall–Kier alpha value is -1.12. The van der Waals surface area contributed by atoms with Gasteiger partial charge in [-0.15, -0.1) is 0 Å². The molecule has 2 N–H and O–H groups in total. The second kappa shape index (κ2) is 3.09. The fraction of sp³-hybridized carbons (Fsp3) is 0.333. The molecule has 0 spiro atoms. The van der Waals surface area contributed by atoms with Gasteiger partial charge in [0, 0.05) is 12.1 Å². The Labute approximate surface area is 69.7 Å². The second-order valence-electron chi connectivity index (χ2n) is 3.01. The first-order valence-corrected chi connectivity index (χ1v) is 3.73. The highest BCUT2D eigenvalue weighted by Crippen LogP contribution is 2.25. The molecule has 1 aromatic carbocycles. The first-order valence-electron chi connectivity index (χ1n) is 3.73. The van der Waals surface area contributed by atoms with E-state index < -0.39 is 11.6 Å². The molecule has 0 unspecified atom stereocenters. The van der Waals surface area contributed by atoms with E-state index in [1.807, 2.05) is 0 Å². The summed E-state index contributed by atoms with van der Waals surface area (Å²) in [6, 6.07) is 1.99. The summed E-state index contributed by atoms with van der Waals surface area (Å²) in [7, 11) is 0. The molecular formula is C9H11F2O+. The molecule has 0 amide bonds. The lowest BCUT2D eigenvalue weighted by Crippen LogP contribution is -1.94. The molecular weight excluding hydrogens is 162 g/mol. The van der Waals surface area contributed by atoms with Crippen molar-refractivity contribution >= 4 is 0 Å². The van der Waals surface area contributed by atoms with Gasteiger partial charge in [0.1, 0.15) is 5.82 Å². The molecule has 0 heterocycles. The monoisotopic (exact) mass is 173 g/mol. The van der Waals surface area contributed by atoms with E-state index >= 15 is 0 Å². The second-order valence-corrected chi connectivity index (χ2v) is 3.01. The van der Waals surface area contributed by atoms with Crippen LogP contribution in [0, 0.1) is 11.6 Å². The molecule has 0 saturated heterocycles.